The van der Waals surface area contributed by atoms with Crippen LogP contribution in [0.3, 0.4) is 0 Å². The highest BCUT2D eigenvalue weighted by Crippen LogP contribution is 2.17. The molecular formula is C12H16N4O3. The molecule has 1 aromatic rings. The Kier molecular flexibility index (Phi) is 4.27. The predicted octanol–water partition coefficient (Wildman–Crippen LogP) is 1.16. The third-order valence-corrected chi connectivity index (χ3v) is 2.92. The number of nitrogens with zero attached hydrogens (tertiary/aromatic N) is 3. The first-order chi connectivity index (χ1) is 9.18. The summed E-state index contributed by atoms with van der Waals surface area (Å²) < 4.78 is 1.87. The Bertz CT molecular complexity index is 507. The van der Waals surface area contributed by atoms with E-state index in [1.165, 1.54) is 6.34 Å². The van der Waals surface area contributed by atoms with Gasteiger partial charge in [0.2, 0.25) is 5.78 Å². The van der Waals surface area contributed by atoms with E-state index in [4.69, 9.17) is 5.11 Å². The van der Waals surface area contributed by atoms with E-state index in [0.29, 0.717) is 24.5 Å². The quantitative estimate of drug-likeness (QED) is 0.752. The van der Waals surface area contributed by atoms with Crippen LogP contribution in [0, 0.1) is 0 Å². The van der Waals surface area contributed by atoms with Crippen LogP contribution in [0.4, 0.5) is 5.82 Å². The number of Topliss-reactive ketones (excluding diaryl/α,β-unsaturated/α-hetero) is 1. The van der Waals surface area contributed by atoms with Gasteiger partial charge in [-0.05, 0) is 12.8 Å². The molecule has 1 aliphatic rings. The lowest BCUT2D eigenvalue weighted by Gasteiger charge is -2.07. The number of imidazole rings is 1. The standard InChI is InChI=1S/C12H16N4O3/c17-9-6-13-7-14-12-11(9)15-8-16(12)5-3-1-2-4-10(18)19/h7-8H,1-6H2,(H,13,14)(H,18,19). The largest absolute Gasteiger partial charge is 0.481 e. The Balaban J connectivity index is 1.89. The lowest BCUT2D eigenvalue weighted by molar-refractivity contribution is -0.137. The molecule has 0 bridgehead atoms. The number of aliphatic carboxylic acids is 1. The van der Waals surface area contributed by atoms with Crippen molar-refractivity contribution in [3.63, 3.8) is 0 Å². The van der Waals surface area contributed by atoms with Gasteiger partial charge in [0, 0.05) is 13.0 Å². The van der Waals surface area contributed by atoms with E-state index in [0.717, 1.165) is 12.8 Å². The normalized spacial score (nSPS) is 13.8. The number of fused-ring (bicyclic) bond motifs is 1. The number of hydrogen-bond acceptors (Lipinski definition) is 5. The number of nitrogens with one attached hydrogen (secondary N) is 1. The molecular weight excluding hydrogens is 248 g/mol. The van der Waals surface area contributed by atoms with Crippen molar-refractivity contribution in [1.82, 2.24) is 9.55 Å². The second-order valence-corrected chi connectivity index (χ2v) is 4.38. The van der Waals surface area contributed by atoms with Crippen LogP contribution in [0.1, 0.15) is 36.2 Å². The summed E-state index contributed by atoms with van der Waals surface area (Å²) in [6.07, 6.45) is 5.69. The predicted molar refractivity (Wildman–Crippen MR) is 69.6 cm³/mol. The van der Waals surface area contributed by atoms with Crippen LogP contribution in [0.25, 0.3) is 0 Å². The van der Waals surface area contributed by atoms with E-state index in [2.05, 4.69) is 15.3 Å². The maximum atomic E-state index is 11.7. The first-order valence-corrected chi connectivity index (χ1v) is 6.23. The van der Waals surface area contributed by atoms with Gasteiger partial charge < -0.3 is 15.0 Å². The van der Waals surface area contributed by atoms with Crippen LogP contribution in [0.5, 0.6) is 0 Å². The summed E-state index contributed by atoms with van der Waals surface area (Å²) in [7, 11) is 0. The highest BCUT2D eigenvalue weighted by molar-refractivity contribution is 6.03. The number of anilines is 1. The molecule has 102 valence electrons. The Morgan fingerprint density at radius 3 is 3.05 bits per heavy atom. The average molecular weight is 264 g/mol. The van der Waals surface area contributed by atoms with E-state index >= 15 is 0 Å². The van der Waals surface area contributed by atoms with Gasteiger partial charge in [0.25, 0.3) is 0 Å². The molecule has 2 rings (SSSR count). The third kappa shape index (κ3) is 3.40. The van der Waals surface area contributed by atoms with Crippen molar-refractivity contribution < 1.29 is 14.7 Å². The van der Waals surface area contributed by atoms with Gasteiger partial charge in [0.15, 0.2) is 5.69 Å². The molecule has 0 amide bonds. The molecule has 7 nitrogen and oxygen atoms in total. The van der Waals surface area contributed by atoms with Gasteiger partial charge in [-0.1, -0.05) is 6.42 Å². The van der Waals surface area contributed by atoms with Crippen LogP contribution in [-0.4, -0.2) is 39.3 Å². The molecule has 0 atom stereocenters. The van der Waals surface area contributed by atoms with Gasteiger partial charge in [-0.25, -0.2) is 4.98 Å². The van der Waals surface area contributed by atoms with Crippen LogP contribution in [0.15, 0.2) is 11.3 Å². The molecule has 0 unspecified atom stereocenters. The Morgan fingerprint density at radius 2 is 2.26 bits per heavy atom. The van der Waals surface area contributed by atoms with Crippen LogP contribution >= 0.6 is 0 Å². The molecule has 2 heterocycles. The van der Waals surface area contributed by atoms with Crippen molar-refractivity contribution in [2.24, 2.45) is 4.99 Å². The van der Waals surface area contributed by atoms with Gasteiger partial charge in [-0.3, -0.25) is 14.6 Å². The zero-order chi connectivity index (χ0) is 13.7. The molecule has 0 fully saturated rings. The minimum Gasteiger partial charge on any atom is -0.481 e. The smallest absolute Gasteiger partial charge is 0.303 e. The number of hydrogen-bond donors (Lipinski definition) is 2. The lowest BCUT2D eigenvalue weighted by Crippen LogP contribution is -2.07. The van der Waals surface area contributed by atoms with E-state index in [9.17, 15) is 9.59 Å². The number of carbonyl (C=O) groups is 2. The highest BCUT2D eigenvalue weighted by Gasteiger charge is 2.18. The summed E-state index contributed by atoms with van der Waals surface area (Å²) in [5.74, 6) is -0.190. The highest BCUT2D eigenvalue weighted by atomic mass is 16.4. The first kappa shape index (κ1) is 13.3. The van der Waals surface area contributed by atoms with Gasteiger partial charge >= 0.3 is 5.97 Å². The molecule has 1 aromatic heterocycles. The SMILES string of the molecule is O=C(O)CCCCCn1cnc2c1NC=NCC2=O. The summed E-state index contributed by atoms with van der Waals surface area (Å²) >= 11 is 0. The number of ketones is 1. The summed E-state index contributed by atoms with van der Waals surface area (Å²) in [4.78, 5) is 30.1. The van der Waals surface area contributed by atoms with E-state index < -0.39 is 5.97 Å². The van der Waals surface area contributed by atoms with Gasteiger partial charge in [0.05, 0.1) is 12.7 Å². The number of carboxylic acids is 1. The van der Waals surface area contributed by atoms with E-state index in [1.807, 2.05) is 4.57 Å². The number of aliphatic imine (C=N–C) groups is 1. The summed E-state index contributed by atoms with van der Waals surface area (Å²) in [6.45, 7) is 0.825. The molecule has 1 aliphatic heterocycles. The van der Waals surface area contributed by atoms with Crippen molar-refractivity contribution in [3.8, 4) is 0 Å². The number of aromatic nitrogens is 2. The average Bonchev–Trinajstić information content (AvgIpc) is 2.67. The molecule has 0 saturated heterocycles. The maximum Gasteiger partial charge on any atom is 0.303 e. The molecule has 0 spiro atoms. The van der Waals surface area contributed by atoms with Crippen LogP contribution in [-0.2, 0) is 11.3 Å². The minimum atomic E-state index is -0.764. The van der Waals surface area contributed by atoms with E-state index in [-0.39, 0.29) is 18.7 Å². The monoisotopic (exact) mass is 264 g/mol. The van der Waals surface area contributed by atoms with Gasteiger partial charge in [0.1, 0.15) is 12.4 Å². The summed E-state index contributed by atoms with van der Waals surface area (Å²) in [5.41, 5.74) is 0.419. The van der Waals surface area contributed by atoms with Crippen molar-refractivity contribution >= 4 is 23.9 Å². The topological polar surface area (TPSA) is 96.6 Å². The maximum absolute atomic E-state index is 11.7. The minimum absolute atomic E-state index is 0.0964. The molecule has 0 aromatic carbocycles. The number of carboxylic acid groups (broad SMARTS) is 1. The molecule has 0 aliphatic carbocycles. The Hall–Kier alpha value is -2.18. The van der Waals surface area contributed by atoms with Crippen LogP contribution in [0.2, 0.25) is 0 Å². The van der Waals surface area contributed by atoms with Crippen molar-refractivity contribution in [2.75, 3.05) is 11.9 Å². The van der Waals surface area contributed by atoms with Crippen molar-refractivity contribution in [3.05, 3.63) is 12.0 Å². The molecule has 0 radical (unpaired) electrons. The van der Waals surface area contributed by atoms with Crippen molar-refractivity contribution in [1.29, 1.82) is 0 Å². The number of rotatable bonds is 6. The Labute approximate surface area is 110 Å². The Morgan fingerprint density at radius 1 is 1.42 bits per heavy atom. The molecule has 2 N–H and O–H groups in total. The zero-order valence-electron chi connectivity index (χ0n) is 10.5. The number of carbonyl (C=O) groups excluding carboxylic acids is 1. The zero-order valence-corrected chi connectivity index (χ0v) is 10.5. The number of unbranched alkanes of at least 4 members (excludes halogenated alkanes) is 2. The fourth-order valence-corrected chi connectivity index (χ4v) is 1.95. The second kappa shape index (κ2) is 6.12. The van der Waals surface area contributed by atoms with Gasteiger partial charge in [-0.15, -0.1) is 0 Å². The van der Waals surface area contributed by atoms with Crippen molar-refractivity contribution in [2.45, 2.75) is 32.2 Å². The fourth-order valence-electron chi connectivity index (χ4n) is 1.95. The summed E-state index contributed by atoms with van der Waals surface area (Å²) in [6, 6.07) is 0. The molecule has 7 heteroatoms. The van der Waals surface area contributed by atoms with Gasteiger partial charge in [-0.2, -0.15) is 0 Å². The third-order valence-electron chi connectivity index (χ3n) is 2.92. The molecule has 0 saturated carbocycles. The molecule has 19 heavy (non-hydrogen) atoms. The lowest BCUT2D eigenvalue weighted by atomic mass is 10.2. The van der Waals surface area contributed by atoms with E-state index in [1.54, 1.807) is 6.33 Å². The fraction of sp³-hybridized carbons (Fsp3) is 0.500. The first-order valence-electron chi connectivity index (χ1n) is 6.23. The summed E-state index contributed by atoms with van der Waals surface area (Å²) in [5, 5.41) is 11.5. The second-order valence-electron chi connectivity index (χ2n) is 4.38. The number of aryl methyl sites for hydroxylation is 1. The van der Waals surface area contributed by atoms with Crippen LogP contribution < -0.4 is 5.32 Å².